The van der Waals surface area contributed by atoms with E-state index in [1.807, 2.05) is 24.3 Å². The number of ketones is 1. The fraction of sp³-hybridized carbons (Fsp3) is 0.435. The topological polar surface area (TPSA) is 84.5 Å². The van der Waals surface area contributed by atoms with E-state index in [2.05, 4.69) is 10.0 Å². The van der Waals surface area contributed by atoms with Crippen LogP contribution in [0.25, 0.3) is 0 Å². The lowest BCUT2D eigenvalue weighted by Gasteiger charge is -2.14. The Morgan fingerprint density at radius 2 is 1.81 bits per heavy atom. The number of rotatable bonds is 13. The summed E-state index contributed by atoms with van der Waals surface area (Å²) in [5, 5.41) is 4.14. The van der Waals surface area contributed by atoms with Gasteiger partial charge in [0.2, 0.25) is 10.0 Å². The zero-order valence-corrected chi connectivity index (χ0v) is 21.1. The maximum Gasteiger partial charge on any atom is 0.244 e. The van der Waals surface area contributed by atoms with Gasteiger partial charge in [-0.05, 0) is 76.0 Å². The van der Waals surface area contributed by atoms with Crippen LogP contribution in [0.3, 0.4) is 0 Å². The molecule has 0 unspecified atom stereocenters. The molecule has 0 heterocycles. The number of halogens is 2. The van der Waals surface area contributed by atoms with Gasteiger partial charge in [0.25, 0.3) is 0 Å². The summed E-state index contributed by atoms with van der Waals surface area (Å²) < 4.78 is 32.8. The molecule has 9 heteroatoms. The average molecular weight is 503 g/mol. The summed E-state index contributed by atoms with van der Waals surface area (Å²) in [6, 6.07) is 12.1. The van der Waals surface area contributed by atoms with Crippen LogP contribution in [0, 0.1) is 0 Å². The summed E-state index contributed by atoms with van der Waals surface area (Å²) in [5.41, 5.74) is 1.49. The molecule has 0 spiro atoms. The Kier molecular flexibility index (Phi) is 12.2. The summed E-state index contributed by atoms with van der Waals surface area (Å²) in [6.07, 6.45) is 2.78. The van der Waals surface area contributed by atoms with Crippen molar-refractivity contribution in [3.63, 3.8) is 0 Å². The number of Topliss-reactive ketones (excluding diaryl/α,β-unsaturated/α-hetero) is 1. The number of nitrogens with one attached hydrogen (secondary N) is 2. The Balaban J connectivity index is 0.00000512. The van der Waals surface area contributed by atoms with E-state index in [4.69, 9.17) is 16.3 Å². The second kappa shape index (κ2) is 13.8. The van der Waals surface area contributed by atoms with E-state index in [0.29, 0.717) is 12.0 Å². The molecule has 0 aliphatic heterocycles. The molecule has 0 aliphatic rings. The Labute approximate surface area is 202 Å². The van der Waals surface area contributed by atoms with Gasteiger partial charge in [-0.25, -0.2) is 13.1 Å². The monoisotopic (exact) mass is 502 g/mol. The van der Waals surface area contributed by atoms with Crippen molar-refractivity contribution in [2.45, 2.75) is 50.5 Å². The summed E-state index contributed by atoms with van der Waals surface area (Å²) in [5.74, 6) is 0.132. The molecule has 0 saturated carbocycles. The smallest absolute Gasteiger partial charge is 0.244 e. The lowest BCUT2D eigenvalue weighted by molar-refractivity contribution is 0.0979. The molecule has 2 N–H and O–H groups in total. The first kappa shape index (κ1) is 28.4. The first-order chi connectivity index (χ1) is 14.7. The highest BCUT2D eigenvalue weighted by atomic mass is 35.5. The number of carbonyl (C=O) groups is 1. The molecule has 0 bridgehead atoms. The van der Waals surface area contributed by atoms with Gasteiger partial charge in [-0.15, -0.1) is 12.4 Å². The van der Waals surface area contributed by atoms with Gasteiger partial charge in [0.05, 0.1) is 7.11 Å². The third kappa shape index (κ3) is 8.71. The van der Waals surface area contributed by atoms with Gasteiger partial charge in [-0.2, -0.15) is 0 Å². The SMILES string of the molecule is COc1ccc(C(=O)CCCCNCCc2ccccc2Cl)cc1S(=O)(=O)NC(C)C.Cl. The molecule has 0 atom stereocenters. The van der Waals surface area contributed by atoms with Crippen LogP contribution in [0.15, 0.2) is 47.4 Å². The highest BCUT2D eigenvalue weighted by Gasteiger charge is 2.22. The summed E-state index contributed by atoms with van der Waals surface area (Å²) in [7, 11) is -2.36. The van der Waals surface area contributed by atoms with Gasteiger partial charge < -0.3 is 10.1 Å². The molecule has 32 heavy (non-hydrogen) atoms. The molecule has 0 aromatic heterocycles. The molecule has 178 valence electrons. The highest BCUT2D eigenvalue weighted by Crippen LogP contribution is 2.26. The Bertz CT molecular complexity index is 982. The zero-order chi connectivity index (χ0) is 22.9. The van der Waals surface area contributed by atoms with E-state index in [0.717, 1.165) is 42.9 Å². The molecule has 2 aromatic carbocycles. The molecular formula is C23H32Cl2N2O4S. The number of benzene rings is 2. The minimum Gasteiger partial charge on any atom is -0.495 e. The first-order valence-electron chi connectivity index (χ1n) is 10.4. The van der Waals surface area contributed by atoms with Gasteiger partial charge >= 0.3 is 0 Å². The zero-order valence-electron chi connectivity index (χ0n) is 18.7. The van der Waals surface area contributed by atoms with E-state index >= 15 is 0 Å². The summed E-state index contributed by atoms with van der Waals surface area (Å²) in [4.78, 5) is 12.5. The molecule has 0 fully saturated rings. The molecule has 2 aromatic rings. The first-order valence-corrected chi connectivity index (χ1v) is 12.3. The van der Waals surface area contributed by atoms with Crippen LogP contribution in [-0.2, 0) is 16.4 Å². The van der Waals surface area contributed by atoms with Crippen LogP contribution in [0.2, 0.25) is 5.02 Å². The largest absolute Gasteiger partial charge is 0.495 e. The van der Waals surface area contributed by atoms with Crippen molar-refractivity contribution in [3.05, 3.63) is 58.6 Å². The van der Waals surface area contributed by atoms with Crippen molar-refractivity contribution in [3.8, 4) is 5.75 Å². The van der Waals surface area contributed by atoms with Crippen molar-refractivity contribution in [2.24, 2.45) is 0 Å². The highest BCUT2D eigenvalue weighted by molar-refractivity contribution is 7.89. The minimum atomic E-state index is -3.77. The van der Waals surface area contributed by atoms with Crippen LogP contribution >= 0.6 is 24.0 Å². The number of ether oxygens (including phenoxy) is 1. The second-order valence-corrected chi connectivity index (χ2v) is 9.70. The molecule has 0 radical (unpaired) electrons. The normalized spacial score (nSPS) is 11.3. The minimum absolute atomic E-state index is 0. The van der Waals surface area contributed by atoms with Gasteiger partial charge in [-0.1, -0.05) is 29.8 Å². The lowest BCUT2D eigenvalue weighted by atomic mass is 10.1. The van der Waals surface area contributed by atoms with Crippen LogP contribution < -0.4 is 14.8 Å². The molecule has 6 nitrogen and oxygen atoms in total. The third-order valence-corrected chi connectivity index (χ3v) is 6.75. The average Bonchev–Trinajstić information content (AvgIpc) is 2.72. The Morgan fingerprint density at radius 3 is 2.47 bits per heavy atom. The van der Waals surface area contributed by atoms with Crippen molar-refractivity contribution in [1.82, 2.24) is 10.0 Å². The van der Waals surface area contributed by atoms with Crippen LogP contribution in [0.4, 0.5) is 0 Å². The molecular weight excluding hydrogens is 471 g/mol. The standard InChI is InChI=1S/C23H31ClN2O4S.ClH/c1-17(2)26-31(28,29)23-16-19(11-12-22(23)30-3)21(27)10-6-7-14-25-15-13-18-8-4-5-9-20(18)24;/h4-5,8-9,11-12,16-17,25-26H,6-7,10,13-15H2,1-3H3;1H. The number of hydrogen-bond acceptors (Lipinski definition) is 5. The van der Waals surface area contributed by atoms with E-state index in [9.17, 15) is 13.2 Å². The van der Waals surface area contributed by atoms with Crippen molar-refractivity contribution in [1.29, 1.82) is 0 Å². The second-order valence-electron chi connectivity index (χ2n) is 7.61. The van der Waals surface area contributed by atoms with Crippen molar-refractivity contribution in [2.75, 3.05) is 20.2 Å². The van der Waals surface area contributed by atoms with Gasteiger partial charge in [-0.3, -0.25) is 4.79 Å². The third-order valence-electron chi connectivity index (χ3n) is 4.70. The fourth-order valence-electron chi connectivity index (χ4n) is 3.16. The van der Waals surface area contributed by atoms with Gasteiger partial charge in [0.1, 0.15) is 10.6 Å². The summed E-state index contributed by atoms with van der Waals surface area (Å²) in [6.45, 7) is 5.10. The van der Waals surface area contributed by atoms with Gasteiger partial charge in [0, 0.05) is 23.0 Å². The number of hydrogen-bond donors (Lipinski definition) is 2. The lowest BCUT2D eigenvalue weighted by Crippen LogP contribution is -2.30. The summed E-state index contributed by atoms with van der Waals surface area (Å²) >= 11 is 6.15. The predicted octanol–water partition coefficient (Wildman–Crippen LogP) is 4.64. The quantitative estimate of drug-likeness (QED) is 0.307. The predicted molar refractivity (Wildman–Crippen MR) is 132 cm³/mol. The number of sulfonamides is 1. The fourth-order valence-corrected chi connectivity index (χ4v) is 4.84. The van der Waals surface area contributed by atoms with E-state index in [-0.39, 0.29) is 34.9 Å². The maximum atomic E-state index is 12.6. The number of methoxy groups -OCH3 is 1. The Hall–Kier alpha value is -1.64. The molecule has 0 amide bonds. The maximum absolute atomic E-state index is 12.6. The van der Waals surface area contributed by atoms with E-state index in [1.54, 1.807) is 19.9 Å². The molecule has 0 aliphatic carbocycles. The van der Waals surface area contributed by atoms with E-state index < -0.39 is 10.0 Å². The van der Waals surface area contributed by atoms with Crippen molar-refractivity contribution < 1.29 is 17.9 Å². The van der Waals surface area contributed by atoms with Crippen LogP contribution in [0.5, 0.6) is 5.75 Å². The molecule has 2 rings (SSSR count). The van der Waals surface area contributed by atoms with E-state index in [1.165, 1.54) is 19.2 Å². The number of carbonyl (C=O) groups excluding carboxylic acids is 1. The number of unbranched alkanes of at least 4 members (excludes halogenated alkanes) is 1. The van der Waals surface area contributed by atoms with Crippen molar-refractivity contribution >= 4 is 39.8 Å². The Morgan fingerprint density at radius 1 is 1.09 bits per heavy atom. The van der Waals surface area contributed by atoms with Crippen LogP contribution in [-0.4, -0.2) is 40.4 Å². The van der Waals surface area contributed by atoms with Crippen LogP contribution in [0.1, 0.15) is 49.0 Å². The van der Waals surface area contributed by atoms with Gasteiger partial charge in [0.15, 0.2) is 5.78 Å². The molecule has 0 saturated heterocycles.